The van der Waals surface area contributed by atoms with Gasteiger partial charge in [0.2, 0.25) is 8.67 Å². The van der Waals surface area contributed by atoms with Crippen molar-refractivity contribution in [1.29, 1.82) is 0 Å². The van der Waals surface area contributed by atoms with Gasteiger partial charge in [-0.2, -0.15) is 35.1 Å². The van der Waals surface area contributed by atoms with Crippen molar-refractivity contribution in [1.82, 2.24) is 0 Å². The van der Waals surface area contributed by atoms with Gasteiger partial charge in [0.1, 0.15) is 0 Å². The molecule has 0 aliphatic rings. The van der Waals surface area contributed by atoms with Crippen LogP contribution in [0.2, 0.25) is 0 Å². The van der Waals surface area contributed by atoms with E-state index in [4.69, 9.17) is 0 Å². The zero-order valence-corrected chi connectivity index (χ0v) is 12.8. The summed E-state index contributed by atoms with van der Waals surface area (Å²) < 4.78 is 93.0. The first kappa shape index (κ1) is 21.2. The van der Waals surface area contributed by atoms with Crippen molar-refractivity contribution in [2.45, 2.75) is 31.3 Å². The molecule has 0 aliphatic carbocycles. The number of hydrogen-bond acceptors (Lipinski definition) is 0. The van der Waals surface area contributed by atoms with Crippen molar-refractivity contribution in [3.63, 3.8) is 0 Å². The Morgan fingerprint density at radius 2 is 0.550 bits per heavy atom. The van der Waals surface area contributed by atoms with Crippen molar-refractivity contribution in [2.75, 3.05) is 0 Å². The molecule has 0 rings (SSSR count). The highest BCUT2D eigenvalue weighted by Gasteiger charge is 2.83. The molecule has 0 saturated carbocycles. The monoisotopic (exact) mass is 434 g/mol. The molecule has 0 aromatic heterocycles. The van der Waals surface area contributed by atoms with Gasteiger partial charge in [-0.15, -0.1) is 0 Å². The third kappa shape index (κ3) is 2.97. The average molecular weight is 437 g/mol. The van der Waals surface area contributed by atoms with E-state index < -0.39 is 31.3 Å². The van der Waals surface area contributed by atoms with E-state index in [0.29, 0.717) is 0 Å². The smallest absolute Gasteiger partial charge is 0.195 e. The third-order valence-electron chi connectivity index (χ3n) is 1.90. The summed E-state index contributed by atoms with van der Waals surface area (Å²) >= 11 is 26.3. The Bertz CT molecular complexity index is 333. The van der Waals surface area contributed by atoms with Crippen LogP contribution in [0.15, 0.2) is 0 Å². The van der Waals surface area contributed by atoms with E-state index >= 15 is 0 Å². The lowest BCUT2D eigenvalue weighted by atomic mass is 10.1. The van der Waals surface area contributed by atoms with Crippen LogP contribution in [0.3, 0.4) is 0 Å². The van der Waals surface area contributed by atoms with Crippen LogP contribution in [-0.2, 0) is 0 Å². The molecule has 0 saturated heterocycles. The molecule has 0 N–H and O–H groups in total. The number of halogens is 14. The topological polar surface area (TPSA) is 0 Å². The maximum atomic E-state index is 13.2. The molecule has 0 heterocycles. The minimum atomic E-state index is -5.93. The lowest BCUT2D eigenvalue weighted by Gasteiger charge is -2.43. The molecule has 122 valence electrons. The SMILES string of the molecule is FC(F)(Cl)C(F)(F)C(Cl)(Cl)C(Cl)(Cl)C(F)(F)C(F)(F)Cl. The van der Waals surface area contributed by atoms with E-state index in [2.05, 4.69) is 69.6 Å². The van der Waals surface area contributed by atoms with Crippen molar-refractivity contribution in [3.8, 4) is 0 Å². The standard InChI is InChI=1S/C6Cl6F8/c7-1(8,3(13,14)5(11,17)18)2(9,10)4(15,16)6(12,19)20. The van der Waals surface area contributed by atoms with Crippen LogP contribution in [-0.4, -0.2) is 31.3 Å². The fourth-order valence-electron chi connectivity index (χ4n) is 0.750. The highest BCUT2D eigenvalue weighted by Crippen LogP contribution is 2.65. The molecule has 0 atom stereocenters. The third-order valence-corrected chi connectivity index (χ3v) is 4.84. The summed E-state index contributed by atoms with van der Waals surface area (Å²) in [6, 6.07) is 0. The Kier molecular flexibility index (Phi) is 5.69. The van der Waals surface area contributed by atoms with Gasteiger partial charge in [0.15, 0.2) is 0 Å². The molecule has 0 aliphatic heterocycles. The minimum Gasteiger partial charge on any atom is -0.195 e. The summed E-state index contributed by atoms with van der Waals surface area (Å²) in [6.45, 7) is 0. The first-order valence-corrected chi connectivity index (χ1v) is 6.16. The normalized spacial score (nSPS) is 16.5. The summed E-state index contributed by atoms with van der Waals surface area (Å²) in [5, 5.41) is -11.3. The number of alkyl halides is 14. The van der Waals surface area contributed by atoms with E-state index in [1.807, 2.05) is 0 Å². The van der Waals surface area contributed by atoms with Crippen molar-refractivity contribution in [3.05, 3.63) is 0 Å². The van der Waals surface area contributed by atoms with Gasteiger partial charge in [-0.1, -0.05) is 46.4 Å². The summed E-state index contributed by atoms with van der Waals surface area (Å²) in [6.07, 6.45) is 0. The zero-order chi connectivity index (χ0) is 17.0. The first-order valence-electron chi connectivity index (χ1n) is 3.90. The predicted molar refractivity (Wildman–Crippen MR) is 60.4 cm³/mol. The van der Waals surface area contributed by atoms with Crippen molar-refractivity contribution >= 4 is 69.6 Å². The second-order valence-corrected chi connectivity index (χ2v) is 6.90. The Morgan fingerprint density at radius 1 is 0.400 bits per heavy atom. The van der Waals surface area contributed by atoms with Gasteiger partial charge in [0.05, 0.1) is 0 Å². The van der Waals surface area contributed by atoms with Crippen molar-refractivity contribution in [2.24, 2.45) is 0 Å². The van der Waals surface area contributed by atoms with E-state index in [1.165, 1.54) is 0 Å². The first-order chi connectivity index (χ1) is 8.25. The Morgan fingerprint density at radius 3 is 0.650 bits per heavy atom. The van der Waals surface area contributed by atoms with E-state index in [-0.39, 0.29) is 0 Å². The van der Waals surface area contributed by atoms with Crippen molar-refractivity contribution < 1.29 is 35.1 Å². The molecule has 20 heavy (non-hydrogen) atoms. The second kappa shape index (κ2) is 5.37. The Balaban J connectivity index is 6.08. The molecule has 0 aromatic rings. The van der Waals surface area contributed by atoms with Gasteiger partial charge in [-0.25, -0.2) is 0 Å². The van der Waals surface area contributed by atoms with Crippen LogP contribution < -0.4 is 0 Å². The van der Waals surface area contributed by atoms with Crippen LogP contribution in [0.25, 0.3) is 0 Å². The number of rotatable bonds is 5. The van der Waals surface area contributed by atoms with Gasteiger partial charge in [-0.05, 0) is 23.2 Å². The fourth-order valence-corrected chi connectivity index (χ4v) is 2.18. The fraction of sp³-hybridized carbons (Fsp3) is 1.00. The molecule has 0 fully saturated rings. The largest absolute Gasteiger partial charge is 0.387 e. The van der Waals surface area contributed by atoms with E-state index in [1.54, 1.807) is 0 Å². The number of hydrogen-bond donors (Lipinski definition) is 0. The highest BCUT2D eigenvalue weighted by molar-refractivity contribution is 6.64. The molecule has 14 heteroatoms. The molecule has 0 amide bonds. The minimum absolute atomic E-state index is 3.94. The average Bonchev–Trinajstić information content (AvgIpc) is 2.12. The van der Waals surface area contributed by atoms with Gasteiger partial charge in [0, 0.05) is 0 Å². The van der Waals surface area contributed by atoms with Gasteiger partial charge in [-0.3, -0.25) is 0 Å². The Labute approximate surface area is 136 Å². The van der Waals surface area contributed by atoms with Gasteiger partial charge < -0.3 is 0 Å². The maximum Gasteiger partial charge on any atom is 0.387 e. The summed E-state index contributed by atoms with van der Waals surface area (Å²) in [4.78, 5) is 0. The van der Waals surface area contributed by atoms with E-state index in [0.717, 1.165) is 0 Å². The molecule has 0 bridgehead atoms. The van der Waals surface area contributed by atoms with Crippen LogP contribution in [0.5, 0.6) is 0 Å². The van der Waals surface area contributed by atoms with Gasteiger partial charge in [0.25, 0.3) is 0 Å². The molecule has 0 radical (unpaired) electrons. The molecule has 0 nitrogen and oxygen atoms in total. The molecule has 0 aromatic carbocycles. The van der Waals surface area contributed by atoms with Gasteiger partial charge >= 0.3 is 22.6 Å². The molecular formula is C6Cl6F8. The highest BCUT2D eigenvalue weighted by atomic mass is 35.5. The summed E-state index contributed by atoms with van der Waals surface area (Å²) in [5.41, 5.74) is 0. The van der Waals surface area contributed by atoms with Crippen LogP contribution >= 0.6 is 69.6 Å². The summed E-state index contributed by atoms with van der Waals surface area (Å²) in [7, 11) is 0. The predicted octanol–water partition coefficient (Wildman–Crippen LogP) is 6.27. The maximum absolute atomic E-state index is 13.2. The molecule has 0 spiro atoms. The van der Waals surface area contributed by atoms with Crippen LogP contribution in [0, 0.1) is 0 Å². The quantitative estimate of drug-likeness (QED) is 0.352. The lowest BCUT2D eigenvalue weighted by molar-refractivity contribution is -0.207. The Hall–Kier alpha value is 1.18. The second-order valence-electron chi connectivity index (χ2n) is 3.29. The zero-order valence-electron chi connectivity index (χ0n) is 8.29. The van der Waals surface area contributed by atoms with E-state index in [9.17, 15) is 35.1 Å². The van der Waals surface area contributed by atoms with Crippen LogP contribution in [0.4, 0.5) is 35.1 Å². The van der Waals surface area contributed by atoms with Crippen LogP contribution in [0.1, 0.15) is 0 Å². The lowest BCUT2D eigenvalue weighted by Crippen LogP contribution is -2.67. The summed E-state index contributed by atoms with van der Waals surface area (Å²) in [5.74, 6) is -11.9. The molecular weight excluding hydrogens is 437 g/mol. The molecule has 0 unspecified atom stereocenters.